The lowest BCUT2D eigenvalue weighted by atomic mass is 9.84. The summed E-state index contributed by atoms with van der Waals surface area (Å²) in [6, 6.07) is 5.87. The first-order chi connectivity index (χ1) is 9.40. The smallest absolute Gasteiger partial charge is 0.162 e. The second kappa shape index (κ2) is 7.47. The molecule has 0 aliphatic carbocycles. The molecule has 0 heterocycles. The van der Waals surface area contributed by atoms with Crippen LogP contribution in [0.2, 0.25) is 0 Å². The lowest BCUT2D eigenvalue weighted by Gasteiger charge is -2.23. The van der Waals surface area contributed by atoms with Crippen molar-refractivity contribution in [1.29, 1.82) is 0 Å². The van der Waals surface area contributed by atoms with Crippen LogP contribution >= 0.6 is 0 Å². The van der Waals surface area contributed by atoms with Gasteiger partial charge in [0.05, 0.1) is 6.61 Å². The third kappa shape index (κ3) is 4.66. The second-order valence-electron chi connectivity index (χ2n) is 6.34. The van der Waals surface area contributed by atoms with Crippen LogP contribution in [0.1, 0.15) is 76.2 Å². The van der Waals surface area contributed by atoms with Crippen molar-refractivity contribution in [2.24, 2.45) is 0 Å². The van der Waals surface area contributed by atoms with Gasteiger partial charge in [0, 0.05) is 17.5 Å². The van der Waals surface area contributed by atoms with E-state index < -0.39 is 0 Å². The molecule has 0 aliphatic heterocycles. The molecular formula is C18H28O2. The van der Waals surface area contributed by atoms with Gasteiger partial charge in [0.15, 0.2) is 5.78 Å². The third-order valence-electron chi connectivity index (χ3n) is 3.33. The summed E-state index contributed by atoms with van der Waals surface area (Å²) in [6.07, 6.45) is 3.63. The highest BCUT2D eigenvalue weighted by atomic mass is 16.5. The van der Waals surface area contributed by atoms with Gasteiger partial charge in [-0.3, -0.25) is 4.79 Å². The van der Waals surface area contributed by atoms with Gasteiger partial charge in [0.2, 0.25) is 0 Å². The predicted octanol–water partition coefficient (Wildman–Crippen LogP) is 5.15. The topological polar surface area (TPSA) is 26.3 Å². The number of unbranched alkanes of at least 4 members (excludes halogenated alkanes) is 1. The van der Waals surface area contributed by atoms with Gasteiger partial charge in [0.1, 0.15) is 5.75 Å². The van der Waals surface area contributed by atoms with Gasteiger partial charge >= 0.3 is 0 Å². The summed E-state index contributed by atoms with van der Waals surface area (Å²) in [7, 11) is 0. The van der Waals surface area contributed by atoms with E-state index in [1.807, 2.05) is 18.2 Å². The number of carbonyl (C=O) groups excluding carboxylic acids is 1. The summed E-state index contributed by atoms with van der Waals surface area (Å²) in [5.41, 5.74) is 1.91. The minimum atomic E-state index is -0.0237. The Morgan fingerprint density at radius 2 is 1.85 bits per heavy atom. The SMILES string of the molecule is CCCCC(=O)c1ccc(OCCC)c(C(C)(C)C)c1. The molecule has 112 valence electrons. The molecule has 0 bridgehead atoms. The summed E-state index contributed by atoms with van der Waals surface area (Å²) >= 11 is 0. The van der Waals surface area contributed by atoms with Crippen LogP contribution in [0.5, 0.6) is 5.75 Å². The Kier molecular flexibility index (Phi) is 6.25. The van der Waals surface area contributed by atoms with Crippen LogP contribution in [0.15, 0.2) is 18.2 Å². The molecule has 0 unspecified atom stereocenters. The van der Waals surface area contributed by atoms with E-state index in [1.54, 1.807) is 0 Å². The summed E-state index contributed by atoms with van der Waals surface area (Å²) in [4.78, 5) is 12.2. The molecule has 0 aliphatic rings. The number of Topliss-reactive ketones (excluding diaryl/α,β-unsaturated/α-hetero) is 1. The summed E-state index contributed by atoms with van der Waals surface area (Å²) < 4.78 is 5.82. The van der Waals surface area contributed by atoms with Gasteiger partial charge in [-0.2, -0.15) is 0 Å². The second-order valence-corrected chi connectivity index (χ2v) is 6.34. The highest BCUT2D eigenvalue weighted by Crippen LogP contribution is 2.32. The van der Waals surface area contributed by atoms with E-state index in [1.165, 1.54) is 0 Å². The summed E-state index contributed by atoms with van der Waals surface area (Å²) in [6.45, 7) is 11.4. The fraction of sp³-hybridized carbons (Fsp3) is 0.611. The number of ketones is 1. The molecule has 0 amide bonds. The molecule has 1 rings (SSSR count). The number of carbonyl (C=O) groups is 1. The van der Waals surface area contributed by atoms with Crippen LogP contribution in [0, 0.1) is 0 Å². The van der Waals surface area contributed by atoms with Gasteiger partial charge < -0.3 is 4.74 Å². The van der Waals surface area contributed by atoms with E-state index in [2.05, 4.69) is 34.6 Å². The van der Waals surface area contributed by atoms with Crippen LogP contribution in [-0.4, -0.2) is 12.4 Å². The molecule has 0 aromatic heterocycles. The molecule has 1 aromatic carbocycles. The number of hydrogen-bond acceptors (Lipinski definition) is 2. The Morgan fingerprint density at radius 3 is 2.40 bits per heavy atom. The average Bonchev–Trinajstić information content (AvgIpc) is 2.41. The highest BCUT2D eigenvalue weighted by Gasteiger charge is 2.21. The van der Waals surface area contributed by atoms with Crippen LogP contribution in [0.25, 0.3) is 0 Å². The van der Waals surface area contributed by atoms with Crippen molar-refractivity contribution in [3.8, 4) is 5.75 Å². The molecule has 20 heavy (non-hydrogen) atoms. The van der Waals surface area contributed by atoms with Gasteiger partial charge in [-0.1, -0.05) is 41.0 Å². The van der Waals surface area contributed by atoms with Gasteiger partial charge in [-0.15, -0.1) is 0 Å². The first-order valence-corrected chi connectivity index (χ1v) is 7.70. The third-order valence-corrected chi connectivity index (χ3v) is 3.33. The van der Waals surface area contributed by atoms with Crippen molar-refractivity contribution in [3.05, 3.63) is 29.3 Å². The summed E-state index contributed by atoms with van der Waals surface area (Å²) in [5, 5.41) is 0. The zero-order chi connectivity index (χ0) is 15.2. The number of ether oxygens (including phenoxy) is 1. The largest absolute Gasteiger partial charge is 0.493 e. The Hall–Kier alpha value is -1.31. The Labute approximate surface area is 123 Å². The van der Waals surface area contributed by atoms with Crippen molar-refractivity contribution in [2.75, 3.05) is 6.61 Å². The maximum absolute atomic E-state index is 12.2. The quantitative estimate of drug-likeness (QED) is 0.644. The van der Waals surface area contributed by atoms with Gasteiger partial charge in [-0.05, 0) is 36.5 Å². The normalized spacial score (nSPS) is 11.4. The highest BCUT2D eigenvalue weighted by molar-refractivity contribution is 5.96. The standard InChI is InChI=1S/C18H28O2/c1-6-8-9-16(19)14-10-11-17(20-12-7-2)15(13-14)18(3,4)5/h10-11,13H,6-9,12H2,1-5H3. The Balaban J connectivity index is 3.04. The molecule has 0 atom stereocenters. The number of rotatable bonds is 7. The van der Waals surface area contributed by atoms with Crippen molar-refractivity contribution in [2.45, 2.75) is 65.7 Å². The van der Waals surface area contributed by atoms with E-state index >= 15 is 0 Å². The molecule has 1 aromatic rings. The maximum atomic E-state index is 12.2. The molecule has 0 N–H and O–H groups in total. The lowest BCUT2D eigenvalue weighted by Crippen LogP contribution is -2.15. The zero-order valence-electron chi connectivity index (χ0n) is 13.6. The van der Waals surface area contributed by atoms with Gasteiger partial charge in [0.25, 0.3) is 0 Å². The summed E-state index contributed by atoms with van der Waals surface area (Å²) in [5.74, 6) is 1.14. The fourth-order valence-corrected chi connectivity index (χ4v) is 2.11. The Morgan fingerprint density at radius 1 is 1.15 bits per heavy atom. The molecule has 2 nitrogen and oxygen atoms in total. The molecule has 2 heteroatoms. The van der Waals surface area contributed by atoms with Crippen molar-refractivity contribution < 1.29 is 9.53 Å². The van der Waals surface area contributed by atoms with E-state index in [4.69, 9.17) is 4.74 Å². The van der Waals surface area contributed by atoms with Crippen LogP contribution in [0.3, 0.4) is 0 Å². The molecule has 0 radical (unpaired) electrons. The van der Waals surface area contributed by atoms with Crippen molar-refractivity contribution in [1.82, 2.24) is 0 Å². The van der Waals surface area contributed by atoms with E-state index in [9.17, 15) is 4.79 Å². The first-order valence-electron chi connectivity index (χ1n) is 7.70. The van der Waals surface area contributed by atoms with E-state index in [0.717, 1.165) is 36.1 Å². The van der Waals surface area contributed by atoms with E-state index in [0.29, 0.717) is 13.0 Å². The zero-order valence-corrected chi connectivity index (χ0v) is 13.6. The molecular weight excluding hydrogens is 248 g/mol. The molecule has 0 spiro atoms. The lowest BCUT2D eigenvalue weighted by molar-refractivity contribution is 0.0979. The fourth-order valence-electron chi connectivity index (χ4n) is 2.11. The van der Waals surface area contributed by atoms with E-state index in [-0.39, 0.29) is 11.2 Å². The maximum Gasteiger partial charge on any atom is 0.162 e. The first kappa shape index (κ1) is 16.7. The molecule has 0 saturated carbocycles. The van der Waals surface area contributed by atoms with Crippen molar-refractivity contribution >= 4 is 5.78 Å². The molecule has 0 saturated heterocycles. The number of hydrogen-bond donors (Lipinski definition) is 0. The minimum absolute atomic E-state index is 0.0237. The van der Waals surface area contributed by atoms with Gasteiger partial charge in [-0.25, -0.2) is 0 Å². The van der Waals surface area contributed by atoms with Crippen molar-refractivity contribution in [3.63, 3.8) is 0 Å². The van der Waals surface area contributed by atoms with Crippen LogP contribution in [0.4, 0.5) is 0 Å². The predicted molar refractivity (Wildman–Crippen MR) is 84.8 cm³/mol. The van der Waals surface area contributed by atoms with Crippen LogP contribution in [-0.2, 0) is 5.41 Å². The number of benzene rings is 1. The molecule has 0 fully saturated rings. The minimum Gasteiger partial charge on any atom is -0.493 e. The average molecular weight is 276 g/mol. The monoisotopic (exact) mass is 276 g/mol. The Bertz CT molecular complexity index is 441. The van der Waals surface area contributed by atoms with Crippen LogP contribution < -0.4 is 4.74 Å².